The molecule has 0 aliphatic carbocycles. The van der Waals surface area contributed by atoms with E-state index in [4.69, 9.17) is 0 Å². The highest BCUT2D eigenvalue weighted by Gasteiger charge is 2.10. The van der Waals surface area contributed by atoms with Crippen LogP contribution in [0.5, 0.6) is 0 Å². The van der Waals surface area contributed by atoms with Crippen LogP contribution in [0.1, 0.15) is 26.3 Å². The summed E-state index contributed by atoms with van der Waals surface area (Å²) in [7, 11) is -3.30. The Morgan fingerprint density at radius 1 is 1.30 bits per heavy atom. The Labute approximate surface area is 120 Å². The number of carbonyl (C=O) groups is 1. The molecule has 1 aromatic carbocycles. The number of hydrogen-bond donors (Lipinski definition) is 3. The molecule has 0 spiro atoms. The number of carbonyl (C=O) groups excluding carboxylic acids is 1. The van der Waals surface area contributed by atoms with Gasteiger partial charge in [-0.3, -0.25) is 4.72 Å². The second kappa shape index (κ2) is 6.60. The van der Waals surface area contributed by atoms with Crippen molar-refractivity contribution < 1.29 is 13.2 Å². The summed E-state index contributed by atoms with van der Waals surface area (Å²) >= 11 is 0. The lowest BCUT2D eigenvalue weighted by Crippen LogP contribution is -2.34. The monoisotopic (exact) mass is 299 g/mol. The van der Waals surface area contributed by atoms with E-state index in [1.807, 2.05) is 13.8 Å². The molecule has 2 amide bonds. The fourth-order valence-electron chi connectivity index (χ4n) is 1.53. The van der Waals surface area contributed by atoms with E-state index in [1.165, 1.54) is 0 Å². The molecular weight excluding hydrogens is 278 g/mol. The highest BCUT2D eigenvalue weighted by atomic mass is 32.2. The summed E-state index contributed by atoms with van der Waals surface area (Å²) in [5.41, 5.74) is 1.87. The third-order valence-electron chi connectivity index (χ3n) is 2.55. The Morgan fingerprint density at radius 2 is 1.95 bits per heavy atom. The summed E-state index contributed by atoms with van der Waals surface area (Å²) in [6.07, 6.45) is 0. The van der Waals surface area contributed by atoms with Crippen molar-refractivity contribution in [3.8, 4) is 0 Å². The molecule has 6 nitrogen and oxygen atoms in total. The SMILES string of the molecule is CCS(=O)(=O)Nc1ccc(NC(=O)NC(C)C)cc1C. The number of amides is 2. The molecule has 0 aromatic heterocycles. The Kier molecular flexibility index (Phi) is 5.38. The lowest BCUT2D eigenvalue weighted by molar-refractivity contribution is 0.250. The summed E-state index contributed by atoms with van der Waals surface area (Å²) in [6, 6.07) is 4.76. The van der Waals surface area contributed by atoms with Gasteiger partial charge in [-0.05, 0) is 51.5 Å². The summed E-state index contributed by atoms with van der Waals surface area (Å²) in [4.78, 5) is 11.6. The van der Waals surface area contributed by atoms with Gasteiger partial charge in [-0.15, -0.1) is 0 Å². The van der Waals surface area contributed by atoms with E-state index in [-0.39, 0.29) is 17.8 Å². The van der Waals surface area contributed by atoms with Crippen molar-refractivity contribution in [1.29, 1.82) is 0 Å². The first-order chi connectivity index (χ1) is 9.23. The quantitative estimate of drug-likeness (QED) is 0.779. The molecule has 7 heteroatoms. The van der Waals surface area contributed by atoms with E-state index in [0.717, 1.165) is 5.56 Å². The second-order valence-corrected chi connectivity index (χ2v) is 6.80. The first kappa shape index (κ1) is 16.3. The van der Waals surface area contributed by atoms with Crippen LogP contribution in [0.25, 0.3) is 0 Å². The smallest absolute Gasteiger partial charge is 0.319 e. The fraction of sp³-hybridized carbons (Fsp3) is 0.462. The maximum Gasteiger partial charge on any atom is 0.319 e. The minimum absolute atomic E-state index is 0.0171. The summed E-state index contributed by atoms with van der Waals surface area (Å²) < 4.78 is 25.5. The number of sulfonamides is 1. The first-order valence-corrected chi connectivity index (χ1v) is 8.07. The van der Waals surface area contributed by atoms with Gasteiger partial charge in [0.15, 0.2) is 0 Å². The van der Waals surface area contributed by atoms with Crippen LogP contribution in [0, 0.1) is 6.92 Å². The minimum Gasteiger partial charge on any atom is -0.336 e. The van der Waals surface area contributed by atoms with Crippen LogP contribution in [-0.4, -0.2) is 26.2 Å². The van der Waals surface area contributed by atoms with Crippen LogP contribution in [0.2, 0.25) is 0 Å². The second-order valence-electron chi connectivity index (χ2n) is 4.79. The van der Waals surface area contributed by atoms with E-state index in [9.17, 15) is 13.2 Å². The van der Waals surface area contributed by atoms with Gasteiger partial charge in [0.1, 0.15) is 0 Å². The summed E-state index contributed by atoms with van der Waals surface area (Å²) in [6.45, 7) is 7.09. The molecule has 0 saturated heterocycles. The summed E-state index contributed by atoms with van der Waals surface area (Å²) in [5.74, 6) is 0.0171. The molecule has 0 radical (unpaired) electrons. The third-order valence-corrected chi connectivity index (χ3v) is 3.84. The lowest BCUT2D eigenvalue weighted by atomic mass is 10.2. The number of nitrogens with one attached hydrogen (secondary N) is 3. The normalized spacial score (nSPS) is 11.2. The van der Waals surface area contributed by atoms with Gasteiger partial charge < -0.3 is 10.6 Å². The standard InChI is InChI=1S/C13H21N3O3S/c1-5-20(18,19)16-12-7-6-11(8-10(12)4)15-13(17)14-9(2)3/h6-9,16H,5H2,1-4H3,(H2,14,15,17). The van der Waals surface area contributed by atoms with Gasteiger partial charge in [0, 0.05) is 11.7 Å². The van der Waals surface area contributed by atoms with Gasteiger partial charge in [0.05, 0.1) is 11.4 Å². The highest BCUT2D eigenvalue weighted by Crippen LogP contribution is 2.20. The van der Waals surface area contributed by atoms with Crippen LogP contribution in [0.15, 0.2) is 18.2 Å². The van der Waals surface area contributed by atoms with Gasteiger partial charge >= 0.3 is 6.03 Å². The molecule has 0 unspecified atom stereocenters. The van der Waals surface area contributed by atoms with Gasteiger partial charge in [-0.2, -0.15) is 0 Å². The van der Waals surface area contributed by atoms with Crippen LogP contribution >= 0.6 is 0 Å². The molecule has 0 aliphatic rings. The van der Waals surface area contributed by atoms with Crippen LogP contribution < -0.4 is 15.4 Å². The maximum atomic E-state index is 11.6. The fourth-order valence-corrected chi connectivity index (χ4v) is 2.23. The molecule has 112 valence electrons. The molecule has 0 heterocycles. The number of benzene rings is 1. The van der Waals surface area contributed by atoms with E-state index >= 15 is 0 Å². The van der Waals surface area contributed by atoms with Crippen LogP contribution in [-0.2, 0) is 10.0 Å². The third kappa shape index (κ3) is 5.08. The molecule has 0 fully saturated rings. The Bertz CT molecular complexity index is 583. The van der Waals surface area contributed by atoms with Crippen molar-refractivity contribution >= 4 is 27.4 Å². The number of hydrogen-bond acceptors (Lipinski definition) is 3. The average Bonchev–Trinajstić information content (AvgIpc) is 2.31. The molecule has 3 N–H and O–H groups in total. The molecular formula is C13H21N3O3S. The molecule has 20 heavy (non-hydrogen) atoms. The zero-order valence-electron chi connectivity index (χ0n) is 12.1. The zero-order chi connectivity index (χ0) is 15.3. The van der Waals surface area contributed by atoms with E-state index in [2.05, 4.69) is 15.4 Å². The number of rotatable bonds is 5. The Hall–Kier alpha value is -1.76. The van der Waals surface area contributed by atoms with E-state index in [1.54, 1.807) is 32.0 Å². The van der Waals surface area contributed by atoms with Crippen molar-refractivity contribution in [2.24, 2.45) is 0 Å². The maximum absolute atomic E-state index is 11.6. The molecule has 0 atom stereocenters. The van der Waals surface area contributed by atoms with Crippen molar-refractivity contribution in [3.05, 3.63) is 23.8 Å². The Morgan fingerprint density at radius 3 is 2.45 bits per heavy atom. The van der Waals surface area contributed by atoms with Crippen molar-refractivity contribution in [1.82, 2.24) is 5.32 Å². The van der Waals surface area contributed by atoms with E-state index < -0.39 is 10.0 Å². The predicted octanol–water partition coefficient (Wildman–Crippen LogP) is 2.29. The number of anilines is 2. The Balaban J connectivity index is 2.81. The number of aryl methyl sites for hydroxylation is 1. The molecule has 1 rings (SSSR count). The van der Waals surface area contributed by atoms with Crippen LogP contribution in [0.4, 0.5) is 16.2 Å². The minimum atomic E-state index is -3.30. The largest absolute Gasteiger partial charge is 0.336 e. The molecule has 0 bridgehead atoms. The molecule has 0 saturated carbocycles. The zero-order valence-corrected chi connectivity index (χ0v) is 13.0. The van der Waals surface area contributed by atoms with Gasteiger partial charge in [0.2, 0.25) is 10.0 Å². The van der Waals surface area contributed by atoms with Crippen molar-refractivity contribution in [2.75, 3.05) is 15.8 Å². The predicted molar refractivity (Wildman–Crippen MR) is 81.6 cm³/mol. The average molecular weight is 299 g/mol. The van der Waals surface area contributed by atoms with Crippen molar-refractivity contribution in [2.45, 2.75) is 33.7 Å². The van der Waals surface area contributed by atoms with E-state index in [0.29, 0.717) is 11.4 Å². The summed E-state index contributed by atoms with van der Waals surface area (Å²) in [5, 5.41) is 5.40. The molecule has 0 aliphatic heterocycles. The van der Waals surface area contributed by atoms with Crippen LogP contribution in [0.3, 0.4) is 0 Å². The number of urea groups is 1. The van der Waals surface area contributed by atoms with Gasteiger partial charge in [-0.1, -0.05) is 0 Å². The lowest BCUT2D eigenvalue weighted by Gasteiger charge is -2.13. The van der Waals surface area contributed by atoms with Gasteiger partial charge in [-0.25, -0.2) is 13.2 Å². The molecule has 1 aromatic rings. The topological polar surface area (TPSA) is 87.3 Å². The first-order valence-electron chi connectivity index (χ1n) is 6.42. The van der Waals surface area contributed by atoms with Gasteiger partial charge in [0.25, 0.3) is 0 Å². The van der Waals surface area contributed by atoms with Crippen molar-refractivity contribution in [3.63, 3.8) is 0 Å². The highest BCUT2D eigenvalue weighted by molar-refractivity contribution is 7.92.